The molecule has 3 aromatic carbocycles. The van der Waals surface area contributed by atoms with E-state index in [0.717, 1.165) is 5.56 Å². The molecule has 0 bridgehead atoms. The molecule has 0 aliphatic heterocycles. The van der Waals surface area contributed by atoms with E-state index in [1.54, 1.807) is 66.7 Å². The third kappa shape index (κ3) is 7.37. The van der Waals surface area contributed by atoms with Gasteiger partial charge in [-0.3, -0.25) is 9.59 Å². The van der Waals surface area contributed by atoms with Crippen molar-refractivity contribution in [2.75, 3.05) is 11.9 Å². The lowest BCUT2D eigenvalue weighted by atomic mass is 10.2. The van der Waals surface area contributed by atoms with Gasteiger partial charge in [0.15, 0.2) is 0 Å². The Morgan fingerprint density at radius 1 is 0.941 bits per heavy atom. The molecule has 3 aromatic rings. The van der Waals surface area contributed by atoms with Gasteiger partial charge in [0.25, 0.3) is 0 Å². The minimum absolute atomic E-state index is 0.258. The second kappa shape index (κ2) is 12.4. The lowest BCUT2D eigenvalue weighted by Crippen LogP contribution is -2.32. The minimum Gasteiger partial charge on any atom is -0.490 e. The van der Waals surface area contributed by atoms with Gasteiger partial charge >= 0.3 is 11.8 Å². The number of nitrogens with zero attached hydrogens (tertiary/aromatic N) is 1. The summed E-state index contributed by atoms with van der Waals surface area (Å²) in [5.74, 6) is -0.625. The topological polar surface area (TPSA) is 89.0 Å². The number of benzene rings is 3. The van der Waals surface area contributed by atoms with Crippen LogP contribution in [-0.2, 0) is 16.2 Å². The van der Waals surface area contributed by atoms with E-state index >= 15 is 0 Å². The lowest BCUT2D eigenvalue weighted by molar-refractivity contribution is -0.136. The maximum Gasteiger partial charge on any atom is 0.329 e. The van der Waals surface area contributed by atoms with Gasteiger partial charge in [-0.15, -0.1) is 0 Å². The van der Waals surface area contributed by atoms with Crippen molar-refractivity contribution in [3.63, 3.8) is 0 Å². The Balaban J connectivity index is 1.54. The van der Waals surface area contributed by atoms with Crippen molar-refractivity contribution in [3.8, 4) is 11.5 Å². The molecular weight excluding hydrogens is 477 g/mol. The smallest absolute Gasteiger partial charge is 0.329 e. The molecule has 0 aromatic heterocycles. The van der Waals surface area contributed by atoms with Crippen LogP contribution in [0.2, 0.25) is 10.0 Å². The van der Waals surface area contributed by atoms with Crippen molar-refractivity contribution in [3.05, 3.63) is 101 Å². The Kier molecular flexibility index (Phi) is 9.08. The van der Waals surface area contributed by atoms with Crippen molar-refractivity contribution < 1.29 is 19.1 Å². The molecule has 0 heterocycles. The van der Waals surface area contributed by atoms with Gasteiger partial charge in [0.05, 0.1) is 16.3 Å². The van der Waals surface area contributed by atoms with Gasteiger partial charge < -0.3 is 14.8 Å². The van der Waals surface area contributed by atoms with Crippen LogP contribution in [0.25, 0.3) is 0 Å². The summed E-state index contributed by atoms with van der Waals surface area (Å²) < 4.78 is 11.2. The molecule has 0 saturated carbocycles. The summed E-state index contributed by atoms with van der Waals surface area (Å²) in [6.07, 6.45) is 3.02. The van der Waals surface area contributed by atoms with Gasteiger partial charge in [-0.2, -0.15) is 5.10 Å². The average molecular weight is 498 g/mol. The van der Waals surface area contributed by atoms with Crippen LogP contribution >= 0.6 is 23.2 Å². The molecular formula is C25H21Cl2N3O4. The molecule has 2 N–H and O–H groups in total. The van der Waals surface area contributed by atoms with Gasteiger partial charge in [-0.05, 0) is 54.1 Å². The van der Waals surface area contributed by atoms with E-state index in [4.69, 9.17) is 32.7 Å². The number of hydrogen-bond donors (Lipinski definition) is 2. The Hall–Kier alpha value is -3.81. The fraction of sp³-hybridized carbons (Fsp3) is 0.0800. The first kappa shape index (κ1) is 24.8. The number of rotatable bonds is 9. The fourth-order valence-corrected chi connectivity index (χ4v) is 3.02. The average Bonchev–Trinajstić information content (AvgIpc) is 2.85. The third-order valence-corrected chi connectivity index (χ3v) is 5.09. The van der Waals surface area contributed by atoms with E-state index in [1.165, 1.54) is 6.21 Å². The number of anilines is 1. The van der Waals surface area contributed by atoms with Crippen LogP contribution in [0.1, 0.15) is 11.1 Å². The standard InChI is InChI=1S/C25H21Cl2N3O4/c1-2-13-33-20-10-8-19(9-11-20)29-24(31)25(32)30-28-15-18-5-3-4-6-23(18)34-16-17-7-12-21(26)22(27)14-17/h2-12,14-15H,1,13,16H2,(H,29,31)(H,30,32)/b28-15-. The second-order valence-corrected chi connectivity index (χ2v) is 7.67. The fourth-order valence-electron chi connectivity index (χ4n) is 2.70. The first-order chi connectivity index (χ1) is 16.5. The molecule has 0 aliphatic carbocycles. The number of carbonyl (C=O) groups excluding carboxylic acids is 2. The van der Waals surface area contributed by atoms with Crippen LogP contribution in [0.3, 0.4) is 0 Å². The molecule has 0 unspecified atom stereocenters. The lowest BCUT2D eigenvalue weighted by Gasteiger charge is -2.09. The molecule has 0 fully saturated rings. The summed E-state index contributed by atoms with van der Waals surface area (Å²) in [5, 5.41) is 7.25. The molecule has 0 spiro atoms. The predicted molar refractivity (Wildman–Crippen MR) is 134 cm³/mol. The van der Waals surface area contributed by atoms with Crippen molar-refractivity contribution in [2.24, 2.45) is 5.10 Å². The Bertz CT molecular complexity index is 1200. The summed E-state index contributed by atoms with van der Waals surface area (Å²) in [5.41, 5.74) is 4.09. The number of ether oxygens (including phenoxy) is 2. The molecule has 0 radical (unpaired) electrons. The van der Waals surface area contributed by atoms with E-state index in [2.05, 4.69) is 22.4 Å². The van der Waals surface area contributed by atoms with Crippen molar-refractivity contribution >= 4 is 46.9 Å². The summed E-state index contributed by atoms with van der Waals surface area (Å²) in [6.45, 7) is 4.20. The Morgan fingerprint density at radius 3 is 2.44 bits per heavy atom. The van der Waals surface area contributed by atoms with Gasteiger partial charge in [-0.1, -0.05) is 54.1 Å². The van der Waals surface area contributed by atoms with E-state index in [9.17, 15) is 9.59 Å². The molecule has 3 rings (SSSR count). The summed E-state index contributed by atoms with van der Waals surface area (Å²) in [7, 11) is 0. The molecule has 2 amide bonds. The number of carbonyl (C=O) groups is 2. The van der Waals surface area contributed by atoms with Crippen LogP contribution in [0, 0.1) is 0 Å². The molecule has 0 aliphatic rings. The van der Waals surface area contributed by atoms with Crippen LogP contribution < -0.4 is 20.2 Å². The first-order valence-corrected chi connectivity index (χ1v) is 10.9. The highest BCUT2D eigenvalue weighted by Gasteiger charge is 2.13. The highest BCUT2D eigenvalue weighted by Crippen LogP contribution is 2.24. The maximum absolute atomic E-state index is 12.1. The van der Waals surface area contributed by atoms with Crippen molar-refractivity contribution in [2.45, 2.75) is 6.61 Å². The predicted octanol–water partition coefficient (Wildman–Crippen LogP) is 5.23. The van der Waals surface area contributed by atoms with E-state index in [0.29, 0.717) is 39.4 Å². The second-order valence-electron chi connectivity index (χ2n) is 6.85. The number of hydrazone groups is 1. The molecule has 0 saturated heterocycles. The van der Waals surface area contributed by atoms with E-state index in [-0.39, 0.29) is 6.61 Å². The van der Waals surface area contributed by atoms with Gasteiger partial charge in [0.1, 0.15) is 24.7 Å². The van der Waals surface area contributed by atoms with Crippen LogP contribution in [0.5, 0.6) is 11.5 Å². The monoisotopic (exact) mass is 497 g/mol. The first-order valence-electron chi connectivity index (χ1n) is 10.1. The Labute approximate surface area is 207 Å². The van der Waals surface area contributed by atoms with Crippen molar-refractivity contribution in [1.82, 2.24) is 5.43 Å². The number of halogens is 2. The summed E-state index contributed by atoms with van der Waals surface area (Å²) >= 11 is 12.0. The molecule has 34 heavy (non-hydrogen) atoms. The van der Waals surface area contributed by atoms with Gasteiger partial charge in [-0.25, -0.2) is 5.43 Å². The van der Waals surface area contributed by atoms with Crippen molar-refractivity contribution in [1.29, 1.82) is 0 Å². The van der Waals surface area contributed by atoms with Gasteiger partial charge in [0, 0.05) is 11.3 Å². The largest absolute Gasteiger partial charge is 0.490 e. The zero-order valence-corrected chi connectivity index (χ0v) is 19.5. The number of nitrogens with one attached hydrogen (secondary N) is 2. The minimum atomic E-state index is -0.919. The summed E-state index contributed by atoms with van der Waals surface area (Å²) in [4.78, 5) is 24.2. The number of hydrogen-bond acceptors (Lipinski definition) is 5. The van der Waals surface area contributed by atoms with Crippen LogP contribution in [0.4, 0.5) is 5.69 Å². The molecule has 0 atom stereocenters. The normalized spacial score (nSPS) is 10.5. The number of para-hydroxylation sites is 1. The van der Waals surface area contributed by atoms with Crippen LogP contribution in [0.15, 0.2) is 84.5 Å². The molecule has 174 valence electrons. The highest BCUT2D eigenvalue weighted by molar-refractivity contribution is 6.42. The highest BCUT2D eigenvalue weighted by atomic mass is 35.5. The SMILES string of the molecule is C=CCOc1ccc(NC(=O)C(=O)N/N=C\c2ccccc2OCc2ccc(Cl)c(Cl)c2)cc1. The summed E-state index contributed by atoms with van der Waals surface area (Å²) in [6, 6.07) is 18.9. The van der Waals surface area contributed by atoms with Crippen LogP contribution in [-0.4, -0.2) is 24.6 Å². The zero-order chi connectivity index (χ0) is 24.3. The van der Waals surface area contributed by atoms with E-state index < -0.39 is 11.8 Å². The maximum atomic E-state index is 12.1. The third-order valence-electron chi connectivity index (χ3n) is 4.35. The molecule has 7 nitrogen and oxygen atoms in total. The van der Waals surface area contributed by atoms with E-state index in [1.807, 2.05) is 6.07 Å². The zero-order valence-electron chi connectivity index (χ0n) is 18.0. The molecule has 9 heteroatoms. The number of amides is 2. The quantitative estimate of drug-likeness (QED) is 0.183. The van der Waals surface area contributed by atoms with Gasteiger partial charge in [0.2, 0.25) is 0 Å². The Morgan fingerprint density at radius 2 is 1.71 bits per heavy atom.